The largest absolute Gasteiger partial charge is 0.492 e. The molecule has 0 fully saturated rings. The maximum absolute atomic E-state index is 12.6. The van der Waals surface area contributed by atoms with Gasteiger partial charge in [-0.3, -0.25) is 4.79 Å². The van der Waals surface area contributed by atoms with Crippen LogP contribution in [0.4, 0.5) is 5.69 Å². The zero-order valence-corrected chi connectivity index (χ0v) is 17.6. The molecular weight excluding hydrogens is 390 g/mol. The second-order valence-electron chi connectivity index (χ2n) is 6.75. The number of benzene rings is 2. The van der Waals surface area contributed by atoms with Crippen molar-refractivity contribution in [1.29, 1.82) is 0 Å². The van der Waals surface area contributed by atoms with E-state index in [0.29, 0.717) is 18.8 Å². The third kappa shape index (κ3) is 4.60. The van der Waals surface area contributed by atoms with Crippen molar-refractivity contribution < 1.29 is 17.9 Å². The van der Waals surface area contributed by atoms with Crippen LogP contribution in [0.15, 0.2) is 59.6 Å². The molecule has 1 N–H and O–H groups in total. The van der Waals surface area contributed by atoms with Gasteiger partial charge in [0.25, 0.3) is 0 Å². The maximum atomic E-state index is 12.6. The summed E-state index contributed by atoms with van der Waals surface area (Å²) in [5, 5.41) is 3.91. The van der Waals surface area contributed by atoms with Crippen LogP contribution in [0, 0.1) is 0 Å². The van der Waals surface area contributed by atoms with E-state index in [2.05, 4.69) is 5.32 Å². The molecule has 0 saturated carbocycles. The zero-order valence-electron chi connectivity index (χ0n) is 16.8. The van der Waals surface area contributed by atoms with Gasteiger partial charge in [-0.2, -0.15) is 0 Å². The average molecular weight is 416 g/mol. The Bertz CT molecular complexity index is 1120. The fraction of sp³-hybridized carbons (Fsp3) is 0.286. The quantitative estimate of drug-likeness (QED) is 0.612. The summed E-state index contributed by atoms with van der Waals surface area (Å²) in [6, 6.07) is 14.6. The first-order valence-electron chi connectivity index (χ1n) is 9.36. The van der Waals surface area contributed by atoms with E-state index in [0.717, 1.165) is 15.2 Å². The molecule has 0 unspecified atom stereocenters. The number of para-hydroxylation sites is 1. The van der Waals surface area contributed by atoms with Gasteiger partial charge in [-0.15, -0.1) is 0 Å². The van der Waals surface area contributed by atoms with Crippen molar-refractivity contribution in [2.24, 2.45) is 0 Å². The Hall–Kier alpha value is -2.84. The predicted octanol–water partition coefficient (Wildman–Crippen LogP) is 3.32. The van der Waals surface area contributed by atoms with E-state index in [9.17, 15) is 13.2 Å². The Morgan fingerprint density at radius 2 is 1.90 bits per heavy atom. The number of aryl methyl sites for hydroxylation is 1. The normalized spacial score (nSPS) is 11.7. The first-order valence-corrected chi connectivity index (χ1v) is 10.8. The van der Waals surface area contributed by atoms with E-state index in [-0.39, 0.29) is 23.0 Å². The molecule has 0 aliphatic carbocycles. The van der Waals surface area contributed by atoms with Crippen LogP contribution in [-0.4, -0.2) is 43.9 Å². The van der Waals surface area contributed by atoms with E-state index in [4.69, 9.17) is 4.74 Å². The Kier molecular flexibility index (Phi) is 6.24. The smallest absolute Gasteiger partial charge is 0.246 e. The topological polar surface area (TPSA) is 80.6 Å². The van der Waals surface area contributed by atoms with E-state index in [1.54, 1.807) is 19.1 Å². The van der Waals surface area contributed by atoms with Gasteiger partial charge in [0, 0.05) is 44.5 Å². The summed E-state index contributed by atoms with van der Waals surface area (Å²) in [6.07, 6.45) is 2.22. The van der Waals surface area contributed by atoms with Gasteiger partial charge in [0.2, 0.25) is 15.9 Å². The van der Waals surface area contributed by atoms with Crippen molar-refractivity contribution in [2.75, 3.05) is 26.0 Å². The minimum absolute atomic E-state index is 0.0264. The molecule has 154 valence electrons. The molecule has 0 aliphatic rings. The van der Waals surface area contributed by atoms with Crippen molar-refractivity contribution in [3.8, 4) is 5.75 Å². The van der Waals surface area contributed by atoms with E-state index < -0.39 is 10.0 Å². The number of nitrogens with one attached hydrogen (secondary N) is 1. The summed E-state index contributed by atoms with van der Waals surface area (Å²) >= 11 is 0. The van der Waals surface area contributed by atoms with Crippen LogP contribution < -0.4 is 10.1 Å². The molecule has 1 heterocycles. The van der Waals surface area contributed by atoms with Crippen molar-refractivity contribution in [2.45, 2.75) is 24.8 Å². The predicted molar refractivity (Wildman–Crippen MR) is 114 cm³/mol. The second kappa shape index (κ2) is 8.67. The molecule has 7 nitrogen and oxygen atoms in total. The van der Waals surface area contributed by atoms with Gasteiger partial charge in [0.15, 0.2) is 0 Å². The molecular formula is C21H25N3O4S. The highest BCUT2D eigenvalue weighted by Gasteiger charge is 2.23. The fourth-order valence-corrected chi connectivity index (χ4v) is 4.09. The Balaban J connectivity index is 1.74. The van der Waals surface area contributed by atoms with Crippen molar-refractivity contribution in [1.82, 2.24) is 8.87 Å². The van der Waals surface area contributed by atoms with Gasteiger partial charge in [-0.05, 0) is 42.6 Å². The zero-order chi connectivity index (χ0) is 21.0. The molecule has 1 amide bonds. The van der Waals surface area contributed by atoms with E-state index >= 15 is 0 Å². The number of hydrogen-bond donors (Lipinski definition) is 1. The van der Waals surface area contributed by atoms with Crippen LogP contribution >= 0.6 is 0 Å². The standard InChI is InChI=1S/C21H25N3O4S/c1-4-28-19-10-9-17(15-20(19)29(26,27)23(2)3)22-21(25)12-14-24-13-11-16-7-5-6-8-18(16)24/h5-11,13,15H,4,12,14H2,1-3H3,(H,22,25). The number of nitrogens with zero attached hydrogens (tertiary/aromatic N) is 2. The molecule has 0 spiro atoms. The summed E-state index contributed by atoms with van der Waals surface area (Å²) in [4.78, 5) is 12.5. The SMILES string of the molecule is CCOc1ccc(NC(=O)CCn2ccc3ccccc32)cc1S(=O)(=O)N(C)C. The first-order chi connectivity index (χ1) is 13.8. The monoisotopic (exact) mass is 415 g/mol. The van der Waals surface area contributed by atoms with Crippen molar-refractivity contribution in [3.63, 3.8) is 0 Å². The Morgan fingerprint density at radius 3 is 2.62 bits per heavy atom. The second-order valence-corrected chi connectivity index (χ2v) is 8.87. The van der Waals surface area contributed by atoms with Crippen LogP contribution in [0.25, 0.3) is 10.9 Å². The van der Waals surface area contributed by atoms with Gasteiger partial charge in [0.1, 0.15) is 10.6 Å². The highest BCUT2D eigenvalue weighted by molar-refractivity contribution is 7.89. The van der Waals surface area contributed by atoms with E-state index in [1.807, 2.05) is 41.1 Å². The molecule has 0 saturated heterocycles. The van der Waals surface area contributed by atoms with Crippen LogP contribution in [0.2, 0.25) is 0 Å². The number of ether oxygens (including phenoxy) is 1. The molecule has 8 heteroatoms. The lowest BCUT2D eigenvalue weighted by atomic mass is 10.2. The average Bonchev–Trinajstić information content (AvgIpc) is 3.10. The minimum Gasteiger partial charge on any atom is -0.492 e. The first kappa shape index (κ1) is 20.9. The molecule has 29 heavy (non-hydrogen) atoms. The summed E-state index contributed by atoms with van der Waals surface area (Å²) in [5.74, 6) is 0.0677. The molecule has 3 rings (SSSR count). The molecule has 0 radical (unpaired) electrons. The van der Waals surface area contributed by atoms with Crippen molar-refractivity contribution >= 4 is 32.5 Å². The number of amides is 1. The number of anilines is 1. The molecule has 0 aliphatic heterocycles. The summed E-state index contributed by atoms with van der Waals surface area (Å²) in [7, 11) is -0.795. The van der Waals surface area contributed by atoms with Crippen LogP contribution in [-0.2, 0) is 21.4 Å². The number of carbonyl (C=O) groups is 1. The number of rotatable bonds is 8. The van der Waals surface area contributed by atoms with Gasteiger partial charge in [-0.25, -0.2) is 12.7 Å². The molecule has 0 bridgehead atoms. The van der Waals surface area contributed by atoms with Crippen LogP contribution in [0.3, 0.4) is 0 Å². The van der Waals surface area contributed by atoms with Gasteiger partial charge < -0.3 is 14.6 Å². The summed E-state index contributed by atoms with van der Waals surface area (Å²) in [6.45, 7) is 2.65. The molecule has 0 atom stereocenters. The third-order valence-corrected chi connectivity index (χ3v) is 6.38. The van der Waals surface area contributed by atoms with E-state index in [1.165, 1.54) is 20.2 Å². The van der Waals surface area contributed by atoms with Crippen molar-refractivity contribution in [3.05, 3.63) is 54.7 Å². The third-order valence-electron chi connectivity index (χ3n) is 4.55. The number of fused-ring (bicyclic) bond motifs is 1. The number of sulfonamides is 1. The minimum atomic E-state index is -3.71. The van der Waals surface area contributed by atoms with Crippen LogP contribution in [0.1, 0.15) is 13.3 Å². The Labute approximate surface area is 170 Å². The Morgan fingerprint density at radius 1 is 1.14 bits per heavy atom. The van der Waals surface area contributed by atoms with Gasteiger partial charge >= 0.3 is 0 Å². The highest BCUT2D eigenvalue weighted by atomic mass is 32.2. The van der Waals surface area contributed by atoms with Gasteiger partial charge in [-0.1, -0.05) is 18.2 Å². The molecule has 1 aromatic heterocycles. The van der Waals surface area contributed by atoms with Gasteiger partial charge in [0.05, 0.1) is 6.61 Å². The number of carbonyl (C=O) groups excluding carboxylic acids is 1. The lowest BCUT2D eigenvalue weighted by molar-refractivity contribution is -0.116. The molecule has 2 aromatic carbocycles. The summed E-state index contributed by atoms with van der Waals surface area (Å²) in [5.41, 5.74) is 1.48. The van der Waals surface area contributed by atoms with Crippen LogP contribution in [0.5, 0.6) is 5.75 Å². The number of aromatic nitrogens is 1. The molecule has 3 aromatic rings. The number of hydrogen-bond acceptors (Lipinski definition) is 4. The lowest BCUT2D eigenvalue weighted by Gasteiger charge is -2.16. The highest BCUT2D eigenvalue weighted by Crippen LogP contribution is 2.29. The lowest BCUT2D eigenvalue weighted by Crippen LogP contribution is -2.23. The maximum Gasteiger partial charge on any atom is 0.246 e. The summed E-state index contributed by atoms with van der Waals surface area (Å²) < 4.78 is 33.8. The fourth-order valence-electron chi connectivity index (χ4n) is 3.04.